The van der Waals surface area contributed by atoms with E-state index in [9.17, 15) is 9.59 Å². The number of fused-ring (bicyclic) bond motifs is 1. The number of aryl methyl sites for hydroxylation is 1. The first-order valence-electron chi connectivity index (χ1n) is 7.87. The molecule has 0 bridgehead atoms. The normalized spacial score (nSPS) is 11.9. The van der Waals surface area contributed by atoms with Crippen LogP contribution in [-0.2, 0) is 6.54 Å². The van der Waals surface area contributed by atoms with E-state index in [1.807, 2.05) is 38.1 Å². The highest BCUT2D eigenvalue weighted by Crippen LogP contribution is 2.32. The van der Waals surface area contributed by atoms with Crippen LogP contribution in [0.2, 0.25) is 0 Å². The predicted molar refractivity (Wildman–Crippen MR) is 93.7 cm³/mol. The fourth-order valence-corrected chi connectivity index (χ4v) is 3.16. The summed E-state index contributed by atoms with van der Waals surface area (Å²) in [7, 11) is 0. The highest BCUT2D eigenvalue weighted by Gasteiger charge is 2.17. The zero-order chi connectivity index (χ0) is 17.8. The van der Waals surface area contributed by atoms with Crippen LogP contribution < -0.4 is 20.3 Å². The van der Waals surface area contributed by atoms with E-state index in [1.165, 1.54) is 11.3 Å². The quantitative estimate of drug-likeness (QED) is 0.821. The summed E-state index contributed by atoms with van der Waals surface area (Å²) in [6, 6.07) is 8.78. The van der Waals surface area contributed by atoms with Crippen molar-refractivity contribution in [2.24, 2.45) is 0 Å². The van der Waals surface area contributed by atoms with Gasteiger partial charge in [0.25, 0.3) is 5.91 Å². The summed E-state index contributed by atoms with van der Waals surface area (Å²) in [5.41, 5.74) is 5.81. The highest BCUT2D eigenvalue weighted by molar-refractivity contribution is 7.13. The van der Waals surface area contributed by atoms with Crippen molar-refractivity contribution in [3.63, 3.8) is 0 Å². The van der Waals surface area contributed by atoms with Gasteiger partial charge in [0.2, 0.25) is 6.79 Å². The van der Waals surface area contributed by atoms with Crippen LogP contribution in [0.4, 0.5) is 4.79 Å². The highest BCUT2D eigenvalue weighted by atomic mass is 32.1. The number of carbonyl (C=O) groups is 2. The number of rotatable bonds is 4. The molecule has 0 unspecified atom stereocenters. The maximum atomic E-state index is 12.3. The molecule has 132 valence electrons. The summed E-state index contributed by atoms with van der Waals surface area (Å²) < 4.78 is 10.6. The van der Waals surface area contributed by atoms with E-state index in [2.05, 4.69) is 10.9 Å². The Balaban J connectivity index is 1.57. The maximum absolute atomic E-state index is 12.3. The van der Waals surface area contributed by atoms with Gasteiger partial charge in [0.05, 0.1) is 4.88 Å². The number of amides is 3. The molecule has 1 aromatic carbocycles. The number of hydrogen-bond acceptors (Lipinski definition) is 5. The van der Waals surface area contributed by atoms with Crippen molar-refractivity contribution >= 4 is 23.3 Å². The van der Waals surface area contributed by atoms with Crippen molar-refractivity contribution in [1.29, 1.82) is 0 Å². The van der Waals surface area contributed by atoms with Crippen LogP contribution in [0.3, 0.4) is 0 Å². The smallest absolute Gasteiger partial charge is 0.336 e. The van der Waals surface area contributed by atoms with E-state index in [-0.39, 0.29) is 18.7 Å². The van der Waals surface area contributed by atoms with Crippen molar-refractivity contribution in [2.45, 2.75) is 20.4 Å². The minimum atomic E-state index is -0.373. The molecule has 1 aliphatic rings. The van der Waals surface area contributed by atoms with Gasteiger partial charge in [-0.15, -0.1) is 11.3 Å². The van der Waals surface area contributed by atoms with Crippen LogP contribution in [0.25, 0.3) is 0 Å². The van der Waals surface area contributed by atoms with Gasteiger partial charge in [-0.1, -0.05) is 6.07 Å². The molecule has 0 aliphatic carbocycles. The molecule has 0 radical (unpaired) electrons. The van der Waals surface area contributed by atoms with Crippen molar-refractivity contribution in [1.82, 2.24) is 15.8 Å². The maximum Gasteiger partial charge on any atom is 0.336 e. The average molecular weight is 361 g/mol. The van der Waals surface area contributed by atoms with E-state index < -0.39 is 0 Å². The van der Waals surface area contributed by atoms with Gasteiger partial charge in [-0.2, -0.15) is 0 Å². The monoisotopic (exact) mass is 361 g/mol. The summed E-state index contributed by atoms with van der Waals surface area (Å²) in [6.45, 7) is 4.90. The molecule has 1 aliphatic heterocycles. The topological polar surface area (TPSA) is 79.9 Å². The molecule has 3 amide bonds. The number of urea groups is 1. The lowest BCUT2D eigenvalue weighted by Gasteiger charge is -2.21. The van der Waals surface area contributed by atoms with Crippen molar-refractivity contribution in [2.75, 3.05) is 13.3 Å². The first kappa shape index (κ1) is 17.1. The first-order valence-corrected chi connectivity index (χ1v) is 8.68. The third-order valence-electron chi connectivity index (χ3n) is 3.73. The lowest BCUT2D eigenvalue weighted by molar-refractivity contribution is 0.0933. The van der Waals surface area contributed by atoms with Crippen LogP contribution in [0.1, 0.15) is 27.0 Å². The SMILES string of the molecule is CCN(Cc1ccc2c(c1)OCO2)C(=O)NNC(=O)c1ccc(C)s1. The fraction of sp³-hybridized carbons (Fsp3) is 0.294. The number of hydrazine groups is 1. The number of thiophene rings is 1. The van der Waals surface area contributed by atoms with Crippen LogP contribution in [-0.4, -0.2) is 30.2 Å². The molecule has 2 N–H and O–H groups in total. The van der Waals surface area contributed by atoms with Gasteiger partial charge in [-0.05, 0) is 43.7 Å². The molecule has 25 heavy (non-hydrogen) atoms. The molecule has 0 saturated carbocycles. The Morgan fingerprint density at radius 2 is 1.96 bits per heavy atom. The summed E-state index contributed by atoms with van der Waals surface area (Å²) in [4.78, 5) is 27.5. The lowest BCUT2D eigenvalue weighted by Crippen LogP contribution is -2.48. The number of ether oxygens (including phenoxy) is 2. The van der Waals surface area contributed by atoms with Crippen LogP contribution in [0, 0.1) is 6.92 Å². The van der Waals surface area contributed by atoms with E-state index in [0.29, 0.717) is 29.5 Å². The largest absolute Gasteiger partial charge is 0.454 e. The number of nitrogens with zero attached hydrogens (tertiary/aromatic N) is 1. The van der Waals surface area contributed by atoms with E-state index in [0.717, 1.165) is 10.4 Å². The zero-order valence-electron chi connectivity index (χ0n) is 14.0. The number of nitrogens with one attached hydrogen (secondary N) is 2. The molecule has 0 saturated heterocycles. The summed E-state index contributed by atoms with van der Waals surface area (Å²) in [6.07, 6.45) is 0. The summed E-state index contributed by atoms with van der Waals surface area (Å²) >= 11 is 1.37. The molecule has 7 nitrogen and oxygen atoms in total. The first-order chi connectivity index (χ1) is 12.1. The van der Waals surface area contributed by atoms with Gasteiger partial charge in [-0.25, -0.2) is 10.2 Å². The summed E-state index contributed by atoms with van der Waals surface area (Å²) in [5, 5.41) is 0. The van der Waals surface area contributed by atoms with Gasteiger partial charge >= 0.3 is 6.03 Å². The molecule has 0 spiro atoms. The van der Waals surface area contributed by atoms with Gasteiger partial charge in [-0.3, -0.25) is 10.2 Å². The van der Waals surface area contributed by atoms with Crippen molar-refractivity contribution < 1.29 is 19.1 Å². The van der Waals surface area contributed by atoms with Crippen LogP contribution >= 0.6 is 11.3 Å². The van der Waals surface area contributed by atoms with Crippen molar-refractivity contribution in [3.05, 3.63) is 45.6 Å². The van der Waals surface area contributed by atoms with Crippen molar-refractivity contribution in [3.8, 4) is 11.5 Å². The Labute approximate surface area is 149 Å². The predicted octanol–water partition coefficient (Wildman–Crippen LogP) is 2.66. The van der Waals surface area contributed by atoms with Gasteiger partial charge < -0.3 is 14.4 Å². The minimum Gasteiger partial charge on any atom is -0.454 e. The van der Waals surface area contributed by atoms with E-state index in [4.69, 9.17) is 9.47 Å². The molecule has 8 heteroatoms. The number of hydrogen-bond donors (Lipinski definition) is 2. The van der Waals surface area contributed by atoms with E-state index >= 15 is 0 Å². The Morgan fingerprint density at radius 1 is 1.16 bits per heavy atom. The molecular formula is C17H19N3O4S. The standard InChI is InChI=1S/C17H19N3O4S/c1-3-20(9-12-5-6-13-14(8-12)24-10-23-13)17(22)19-18-16(21)15-7-4-11(2)25-15/h4-8H,3,9-10H2,1-2H3,(H,18,21)(H,19,22). The Hall–Kier alpha value is -2.74. The zero-order valence-corrected chi connectivity index (χ0v) is 14.8. The Morgan fingerprint density at radius 3 is 2.68 bits per heavy atom. The molecule has 2 aromatic rings. The minimum absolute atomic E-state index is 0.213. The molecule has 0 fully saturated rings. The Bertz CT molecular complexity index is 790. The van der Waals surface area contributed by atoms with E-state index in [1.54, 1.807) is 11.0 Å². The fourth-order valence-electron chi connectivity index (χ4n) is 2.39. The second-order valence-electron chi connectivity index (χ2n) is 5.50. The molecule has 0 atom stereocenters. The average Bonchev–Trinajstić information content (AvgIpc) is 3.25. The third kappa shape index (κ3) is 4.03. The second kappa shape index (κ2) is 7.43. The molecule has 2 heterocycles. The number of carbonyl (C=O) groups excluding carboxylic acids is 2. The van der Waals surface area contributed by atoms with Gasteiger partial charge in [0, 0.05) is 18.0 Å². The molecule has 3 rings (SSSR count). The Kier molecular flexibility index (Phi) is 5.08. The third-order valence-corrected chi connectivity index (χ3v) is 4.73. The molecular weight excluding hydrogens is 342 g/mol. The van der Waals surface area contributed by atoms with Gasteiger partial charge in [0.15, 0.2) is 11.5 Å². The second-order valence-corrected chi connectivity index (χ2v) is 6.78. The number of benzene rings is 1. The lowest BCUT2D eigenvalue weighted by atomic mass is 10.2. The summed E-state index contributed by atoms with van der Waals surface area (Å²) in [5.74, 6) is 1.05. The van der Waals surface area contributed by atoms with Gasteiger partial charge in [0.1, 0.15) is 0 Å². The van der Waals surface area contributed by atoms with Crippen LogP contribution in [0.15, 0.2) is 30.3 Å². The molecule has 1 aromatic heterocycles. The van der Waals surface area contributed by atoms with Crippen LogP contribution in [0.5, 0.6) is 11.5 Å².